The number of piperazine rings is 1. The molecule has 0 aliphatic carbocycles. The number of halogens is 1. The molecule has 1 saturated heterocycles. The van der Waals surface area contributed by atoms with Gasteiger partial charge < -0.3 is 14.5 Å². The minimum absolute atomic E-state index is 0.0360. The predicted octanol–water partition coefficient (Wildman–Crippen LogP) is 4.09. The van der Waals surface area contributed by atoms with Gasteiger partial charge >= 0.3 is 0 Å². The van der Waals surface area contributed by atoms with Crippen molar-refractivity contribution in [1.82, 2.24) is 4.90 Å². The summed E-state index contributed by atoms with van der Waals surface area (Å²) in [5, 5.41) is 0.587. The molecule has 2 aromatic carbocycles. The van der Waals surface area contributed by atoms with Crippen LogP contribution in [-0.2, 0) is 0 Å². The molecule has 1 heterocycles. The van der Waals surface area contributed by atoms with Crippen molar-refractivity contribution >= 4 is 23.2 Å². The Hall–Kier alpha value is -2.20. The summed E-state index contributed by atoms with van der Waals surface area (Å²) in [5.41, 5.74) is 1.73. The van der Waals surface area contributed by atoms with Gasteiger partial charge in [-0.15, -0.1) is 0 Å². The van der Waals surface area contributed by atoms with Gasteiger partial charge in [0.05, 0.1) is 11.8 Å². The molecular weight excluding hydrogens is 336 g/mol. The fourth-order valence-corrected chi connectivity index (χ4v) is 3.22. The standard InChI is InChI=1S/C20H23ClN2O2/c1-15(2)25-19-9-4-3-8-18(19)22-10-12-23(13-11-22)20(24)16-6-5-7-17(21)14-16/h3-9,14-15H,10-13H2,1-2H3. The van der Waals surface area contributed by atoms with Crippen LogP contribution in [0, 0.1) is 0 Å². The smallest absolute Gasteiger partial charge is 0.254 e. The largest absolute Gasteiger partial charge is 0.489 e. The maximum absolute atomic E-state index is 12.6. The maximum Gasteiger partial charge on any atom is 0.254 e. The Labute approximate surface area is 154 Å². The number of nitrogens with zero attached hydrogens (tertiary/aromatic N) is 2. The van der Waals surface area contributed by atoms with Gasteiger partial charge in [0, 0.05) is 36.8 Å². The SMILES string of the molecule is CC(C)Oc1ccccc1N1CCN(C(=O)c2cccc(Cl)c2)CC1. The molecule has 0 aromatic heterocycles. The monoisotopic (exact) mass is 358 g/mol. The van der Waals surface area contributed by atoms with E-state index in [1.807, 2.05) is 49.1 Å². The van der Waals surface area contributed by atoms with E-state index < -0.39 is 0 Å². The molecule has 1 amide bonds. The Bertz CT molecular complexity index is 740. The molecule has 5 heteroatoms. The zero-order chi connectivity index (χ0) is 17.8. The van der Waals surface area contributed by atoms with Crippen molar-refractivity contribution in [1.29, 1.82) is 0 Å². The van der Waals surface area contributed by atoms with Crippen LogP contribution >= 0.6 is 11.6 Å². The number of benzene rings is 2. The average Bonchev–Trinajstić information content (AvgIpc) is 2.61. The van der Waals surface area contributed by atoms with Gasteiger partial charge in [0.2, 0.25) is 0 Å². The molecule has 1 aliphatic rings. The van der Waals surface area contributed by atoms with Crippen LogP contribution in [0.1, 0.15) is 24.2 Å². The summed E-state index contributed by atoms with van der Waals surface area (Å²) in [4.78, 5) is 16.8. The lowest BCUT2D eigenvalue weighted by Crippen LogP contribution is -2.48. The molecule has 1 fully saturated rings. The fraction of sp³-hybridized carbons (Fsp3) is 0.350. The quantitative estimate of drug-likeness (QED) is 0.825. The normalized spacial score (nSPS) is 14.7. The lowest BCUT2D eigenvalue weighted by atomic mass is 10.1. The third-order valence-electron chi connectivity index (χ3n) is 4.21. The number of carbonyl (C=O) groups is 1. The van der Waals surface area contributed by atoms with E-state index in [1.165, 1.54) is 0 Å². The summed E-state index contributed by atoms with van der Waals surface area (Å²) in [6.07, 6.45) is 0.131. The first-order valence-corrected chi connectivity index (χ1v) is 8.98. The van der Waals surface area contributed by atoms with Crippen LogP contribution in [0.4, 0.5) is 5.69 Å². The van der Waals surface area contributed by atoms with Crippen molar-refractivity contribution < 1.29 is 9.53 Å². The summed E-state index contributed by atoms with van der Waals surface area (Å²) in [7, 11) is 0. The lowest BCUT2D eigenvalue weighted by molar-refractivity contribution is 0.0746. The number of hydrogen-bond donors (Lipinski definition) is 0. The molecule has 132 valence electrons. The summed E-state index contributed by atoms with van der Waals surface area (Å²) >= 11 is 6.00. The van der Waals surface area contributed by atoms with Crippen LogP contribution in [0.2, 0.25) is 5.02 Å². The van der Waals surface area contributed by atoms with E-state index in [9.17, 15) is 4.79 Å². The second-order valence-electron chi connectivity index (χ2n) is 6.42. The van der Waals surface area contributed by atoms with Gasteiger partial charge in [-0.1, -0.05) is 29.8 Å². The van der Waals surface area contributed by atoms with Gasteiger partial charge in [-0.2, -0.15) is 0 Å². The van der Waals surface area contributed by atoms with Crippen molar-refractivity contribution in [3.05, 3.63) is 59.1 Å². The molecule has 25 heavy (non-hydrogen) atoms. The molecular formula is C20H23ClN2O2. The highest BCUT2D eigenvalue weighted by Gasteiger charge is 2.24. The maximum atomic E-state index is 12.6. The average molecular weight is 359 g/mol. The molecule has 0 bridgehead atoms. The third kappa shape index (κ3) is 4.26. The first-order chi connectivity index (χ1) is 12.0. The number of carbonyl (C=O) groups excluding carboxylic acids is 1. The second-order valence-corrected chi connectivity index (χ2v) is 6.86. The molecule has 1 aliphatic heterocycles. The molecule has 0 radical (unpaired) electrons. The number of para-hydroxylation sites is 2. The van der Waals surface area contributed by atoms with Gasteiger partial charge in [0.15, 0.2) is 0 Å². The van der Waals surface area contributed by atoms with Crippen molar-refractivity contribution in [2.75, 3.05) is 31.1 Å². The van der Waals surface area contributed by atoms with Crippen LogP contribution in [0.3, 0.4) is 0 Å². The number of amides is 1. The lowest BCUT2D eigenvalue weighted by Gasteiger charge is -2.37. The summed E-state index contributed by atoms with van der Waals surface area (Å²) < 4.78 is 5.92. The third-order valence-corrected chi connectivity index (χ3v) is 4.44. The minimum Gasteiger partial charge on any atom is -0.489 e. The number of anilines is 1. The molecule has 0 atom stereocenters. The molecule has 0 saturated carbocycles. The van der Waals surface area contributed by atoms with Crippen LogP contribution in [0.15, 0.2) is 48.5 Å². The summed E-state index contributed by atoms with van der Waals surface area (Å²) in [6, 6.07) is 15.2. The Balaban J connectivity index is 1.67. The topological polar surface area (TPSA) is 32.8 Å². The zero-order valence-electron chi connectivity index (χ0n) is 14.6. The first-order valence-electron chi connectivity index (χ1n) is 8.60. The summed E-state index contributed by atoms with van der Waals surface area (Å²) in [5.74, 6) is 0.931. The molecule has 0 N–H and O–H groups in total. The second kappa shape index (κ2) is 7.79. The molecule has 0 unspecified atom stereocenters. The van der Waals surface area contributed by atoms with E-state index in [0.717, 1.165) is 24.5 Å². The zero-order valence-corrected chi connectivity index (χ0v) is 15.4. The molecule has 0 spiro atoms. The van der Waals surface area contributed by atoms with Gasteiger partial charge in [0.25, 0.3) is 5.91 Å². The van der Waals surface area contributed by atoms with Crippen molar-refractivity contribution in [2.45, 2.75) is 20.0 Å². The number of rotatable bonds is 4. The van der Waals surface area contributed by atoms with Gasteiger partial charge in [-0.3, -0.25) is 4.79 Å². The Morgan fingerprint density at radius 2 is 1.76 bits per heavy atom. The fourth-order valence-electron chi connectivity index (χ4n) is 3.03. The van der Waals surface area contributed by atoms with E-state index in [2.05, 4.69) is 11.0 Å². The van der Waals surface area contributed by atoms with E-state index in [0.29, 0.717) is 23.7 Å². The van der Waals surface area contributed by atoms with Crippen LogP contribution in [-0.4, -0.2) is 43.1 Å². The highest BCUT2D eigenvalue weighted by atomic mass is 35.5. The molecule has 4 nitrogen and oxygen atoms in total. The van der Waals surface area contributed by atoms with Crippen molar-refractivity contribution in [3.63, 3.8) is 0 Å². The highest BCUT2D eigenvalue weighted by Crippen LogP contribution is 2.29. The Kier molecular flexibility index (Phi) is 5.49. The van der Waals surface area contributed by atoms with Gasteiger partial charge in [-0.25, -0.2) is 0 Å². The minimum atomic E-state index is 0.0360. The van der Waals surface area contributed by atoms with Gasteiger partial charge in [-0.05, 0) is 44.2 Å². The van der Waals surface area contributed by atoms with Crippen LogP contribution < -0.4 is 9.64 Å². The van der Waals surface area contributed by atoms with E-state index in [4.69, 9.17) is 16.3 Å². The highest BCUT2D eigenvalue weighted by molar-refractivity contribution is 6.30. The molecule has 2 aromatic rings. The predicted molar refractivity (Wildman–Crippen MR) is 102 cm³/mol. The van der Waals surface area contributed by atoms with E-state index >= 15 is 0 Å². The number of ether oxygens (including phenoxy) is 1. The summed E-state index contributed by atoms with van der Waals surface area (Å²) in [6.45, 7) is 6.98. The van der Waals surface area contributed by atoms with Crippen LogP contribution in [0.5, 0.6) is 5.75 Å². The van der Waals surface area contributed by atoms with E-state index in [-0.39, 0.29) is 12.0 Å². The van der Waals surface area contributed by atoms with Crippen molar-refractivity contribution in [2.24, 2.45) is 0 Å². The van der Waals surface area contributed by atoms with E-state index in [1.54, 1.807) is 12.1 Å². The van der Waals surface area contributed by atoms with Crippen LogP contribution in [0.25, 0.3) is 0 Å². The number of hydrogen-bond acceptors (Lipinski definition) is 3. The first kappa shape index (κ1) is 17.6. The van der Waals surface area contributed by atoms with Gasteiger partial charge in [0.1, 0.15) is 5.75 Å². The Morgan fingerprint density at radius 1 is 1.04 bits per heavy atom. The molecule has 3 rings (SSSR count). The Morgan fingerprint density at radius 3 is 2.44 bits per heavy atom. The van der Waals surface area contributed by atoms with Crippen molar-refractivity contribution in [3.8, 4) is 5.75 Å².